The van der Waals surface area contributed by atoms with Crippen molar-refractivity contribution in [1.29, 1.82) is 0 Å². The van der Waals surface area contributed by atoms with Crippen LogP contribution in [0.4, 0.5) is 8.78 Å². The van der Waals surface area contributed by atoms with Crippen molar-refractivity contribution in [3.63, 3.8) is 0 Å². The van der Waals surface area contributed by atoms with Crippen LogP contribution in [0.15, 0.2) is 18.2 Å². The van der Waals surface area contributed by atoms with Gasteiger partial charge in [-0.15, -0.1) is 0 Å². The largest absolute Gasteiger partial charge is 0.335 e. The van der Waals surface area contributed by atoms with Crippen molar-refractivity contribution in [2.24, 2.45) is 0 Å². The number of hydrogen-bond acceptors (Lipinski definition) is 1. The van der Waals surface area contributed by atoms with E-state index in [9.17, 15) is 13.6 Å². The Bertz CT molecular complexity index is 432. The van der Waals surface area contributed by atoms with Crippen molar-refractivity contribution in [2.75, 3.05) is 11.9 Å². The van der Waals surface area contributed by atoms with Crippen LogP contribution in [0.25, 0.3) is 0 Å². The molecule has 0 bridgehead atoms. The maximum atomic E-state index is 13.1. The van der Waals surface area contributed by atoms with Gasteiger partial charge < -0.3 is 4.90 Å². The van der Waals surface area contributed by atoms with Gasteiger partial charge in [-0.3, -0.25) is 4.79 Å². The lowest BCUT2D eigenvalue weighted by molar-refractivity contribution is 0.0641. The fourth-order valence-corrected chi connectivity index (χ4v) is 2.94. The number of nitrogens with zero attached hydrogens (tertiary/aromatic N) is 1. The molecule has 1 heterocycles. The highest BCUT2D eigenvalue weighted by molar-refractivity contribution is 9.09. The van der Waals surface area contributed by atoms with Crippen LogP contribution in [-0.4, -0.2) is 28.7 Å². The summed E-state index contributed by atoms with van der Waals surface area (Å²) in [6, 6.07) is 3.06. The van der Waals surface area contributed by atoms with Crippen LogP contribution in [0.3, 0.4) is 0 Å². The molecule has 1 aliphatic heterocycles. The minimum Gasteiger partial charge on any atom is -0.335 e. The predicted molar refractivity (Wildman–Crippen MR) is 68.8 cm³/mol. The number of benzene rings is 1. The molecule has 98 valence electrons. The van der Waals surface area contributed by atoms with E-state index in [4.69, 9.17) is 0 Å². The number of amides is 1. The lowest BCUT2D eigenvalue weighted by Crippen LogP contribution is -2.44. The molecule has 1 aromatic rings. The normalized spacial score (nSPS) is 19.9. The smallest absolute Gasteiger partial charge is 0.254 e. The number of carbonyl (C=O) groups excluding carboxylic acids is 1. The molecule has 1 amide bonds. The molecule has 0 radical (unpaired) electrons. The van der Waals surface area contributed by atoms with E-state index in [0.717, 1.165) is 37.5 Å². The summed E-state index contributed by atoms with van der Waals surface area (Å²) in [6.07, 6.45) is 2.94. The molecule has 18 heavy (non-hydrogen) atoms. The number of rotatable bonds is 2. The van der Waals surface area contributed by atoms with Gasteiger partial charge in [0.05, 0.1) is 0 Å². The molecule has 1 unspecified atom stereocenters. The highest BCUT2D eigenvalue weighted by Crippen LogP contribution is 2.21. The maximum absolute atomic E-state index is 13.1. The van der Waals surface area contributed by atoms with Crippen LogP contribution in [0.2, 0.25) is 0 Å². The number of piperidine rings is 1. The van der Waals surface area contributed by atoms with Gasteiger partial charge in [-0.1, -0.05) is 15.9 Å². The Morgan fingerprint density at radius 3 is 2.56 bits per heavy atom. The first-order chi connectivity index (χ1) is 8.61. The van der Waals surface area contributed by atoms with Gasteiger partial charge in [-0.25, -0.2) is 8.78 Å². The summed E-state index contributed by atoms with van der Waals surface area (Å²) in [7, 11) is 0. The third-order valence-corrected chi connectivity index (χ3v) is 3.92. The molecule has 0 spiro atoms. The summed E-state index contributed by atoms with van der Waals surface area (Å²) < 4.78 is 26.2. The number of alkyl halides is 1. The van der Waals surface area contributed by atoms with Gasteiger partial charge in [0.1, 0.15) is 11.6 Å². The molecule has 1 fully saturated rings. The Hall–Kier alpha value is -0.970. The summed E-state index contributed by atoms with van der Waals surface area (Å²) in [6.45, 7) is 0.646. The summed E-state index contributed by atoms with van der Waals surface area (Å²) >= 11 is 3.38. The predicted octanol–water partition coefficient (Wildman–Crippen LogP) is 3.35. The molecule has 2 nitrogen and oxygen atoms in total. The van der Waals surface area contributed by atoms with Crippen LogP contribution in [0, 0.1) is 11.6 Å². The Morgan fingerprint density at radius 2 is 1.94 bits per heavy atom. The minimum absolute atomic E-state index is 0.0837. The quantitative estimate of drug-likeness (QED) is 0.766. The van der Waals surface area contributed by atoms with E-state index in [1.807, 2.05) is 0 Å². The standard InChI is InChI=1S/C13H14BrF2NO/c14-8-12-3-1-2-4-17(12)13(18)9-5-10(15)7-11(16)6-9/h5-7,12H,1-4,8H2. The van der Waals surface area contributed by atoms with Gasteiger partial charge in [0, 0.05) is 29.5 Å². The first kappa shape index (κ1) is 13.5. The number of likely N-dealkylation sites (tertiary alicyclic amines) is 1. The minimum atomic E-state index is -0.717. The Labute approximate surface area is 113 Å². The van der Waals surface area contributed by atoms with Crippen molar-refractivity contribution in [1.82, 2.24) is 4.90 Å². The van der Waals surface area contributed by atoms with E-state index in [1.165, 1.54) is 0 Å². The zero-order valence-corrected chi connectivity index (χ0v) is 11.4. The average Bonchev–Trinajstić information content (AvgIpc) is 2.36. The highest BCUT2D eigenvalue weighted by atomic mass is 79.9. The molecule has 0 aromatic heterocycles. The third-order valence-electron chi connectivity index (χ3n) is 3.18. The van der Waals surface area contributed by atoms with E-state index < -0.39 is 11.6 Å². The second-order valence-electron chi connectivity index (χ2n) is 4.46. The SMILES string of the molecule is O=C(c1cc(F)cc(F)c1)N1CCCCC1CBr. The molecule has 1 aromatic carbocycles. The Morgan fingerprint density at radius 1 is 1.28 bits per heavy atom. The van der Waals surface area contributed by atoms with Gasteiger partial charge >= 0.3 is 0 Å². The zero-order valence-electron chi connectivity index (χ0n) is 9.83. The molecule has 2 rings (SSSR count). The number of hydrogen-bond donors (Lipinski definition) is 0. The van der Waals surface area contributed by atoms with Crippen LogP contribution in [0.1, 0.15) is 29.6 Å². The average molecular weight is 318 g/mol. The first-order valence-electron chi connectivity index (χ1n) is 5.95. The second-order valence-corrected chi connectivity index (χ2v) is 5.11. The van der Waals surface area contributed by atoms with Crippen molar-refractivity contribution in [3.05, 3.63) is 35.4 Å². The van der Waals surface area contributed by atoms with Gasteiger partial charge in [0.25, 0.3) is 5.91 Å². The lowest BCUT2D eigenvalue weighted by Gasteiger charge is -2.34. The van der Waals surface area contributed by atoms with Crippen molar-refractivity contribution < 1.29 is 13.6 Å². The fourth-order valence-electron chi connectivity index (χ4n) is 2.27. The van der Waals surface area contributed by atoms with E-state index >= 15 is 0 Å². The Kier molecular flexibility index (Phi) is 4.32. The van der Waals surface area contributed by atoms with Crippen molar-refractivity contribution >= 4 is 21.8 Å². The van der Waals surface area contributed by atoms with Crippen LogP contribution >= 0.6 is 15.9 Å². The van der Waals surface area contributed by atoms with Gasteiger partial charge in [-0.05, 0) is 31.4 Å². The van der Waals surface area contributed by atoms with E-state index in [1.54, 1.807) is 4.90 Å². The fraction of sp³-hybridized carbons (Fsp3) is 0.462. The molecular formula is C13H14BrF2NO. The summed E-state index contributed by atoms with van der Waals surface area (Å²) in [5.41, 5.74) is 0.0837. The summed E-state index contributed by atoms with van der Waals surface area (Å²) in [5, 5.41) is 0.691. The highest BCUT2D eigenvalue weighted by Gasteiger charge is 2.27. The monoisotopic (exact) mass is 317 g/mol. The molecular weight excluding hydrogens is 304 g/mol. The summed E-state index contributed by atoms with van der Waals surface area (Å²) in [5.74, 6) is -1.73. The Balaban J connectivity index is 2.23. The van der Waals surface area contributed by atoms with E-state index in [2.05, 4.69) is 15.9 Å². The molecule has 1 aliphatic rings. The van der Waals surface area contributed by atoms with Crippen molar-refractivity contribution in [2.45, 2.75) is 25.3 Å². The molecule has 1 atom stereocenters. The summed E-state index contributed by atoms with van der Waals surface area (Å²) in [4.78, 5) is 13.9. The first-order valence-corrected chi connectivity index (χ1v) is 7.07. The molecule has 0 aliphatic carbocycles. The zero-order chi connectivity index (χ0) is 13.1. The van der Waals surface area contributed by atoms with Crippen LogP contribution in [0.5, 0.6) is 0 Å². The second kappa shape index (κ2) is 5.78. The van der Waals surface area contributed by atoms with Gasteiger partial charge in [-0.2, -0.15) is 0 Å². The molecule has 0 N–H and O–H groups in total. The van der Waals surface area contributed by atoms with Crippen LogP contribution in [-0.2, 0) is 0 Å². The van der Waals surface area contributed by atoms with Crippen LogP contribution < -0.4 is 0 Å². The maximum Gasteiger partial charge on any atom is 0.254 e. The molecule has 1 saturated heterocycles. The van der Waals surface area contributed by atoms with Crippen molar-refractivity contribution in [3.8, 4) is 0 Å². The lowest BCUT2D eigenvalue weighted by atomic mass is 10.0. The van der Waals surface area contributed by atoms with E-state index in [-0.39, 0.29) is 17.5 Å². The van der Waals surface area contributed by atoms with Gasteiger partial charge in [0.2, 0.25) is 0 Å². The topological polar surface area (TPSA) is 20.3 Å². The third kappa shape index (κ3) is 2.88. The van der Waals surface area contributed by atoms with Gasteiger partial charge in [0.15, 0.2) is 0 Å². The van der Waals surface area contributed by atoms with E-state index in [0.29, 0.717) is 11.9 Å². The molecule has 0 saturated carbocycles. The molecule has 5 heteroatoms. The number of halogens is 3. The number of carbonyl (C=O) groups is 1.